The molecule has 0 aliphatic carbocycles. The molecular formula is C12H11IN2O2S. The van der Waals surface area contributed by atoms with E-state index in [0.29, 0.717) is 11.6 Å². The molecule has 0 saturated heterocycles. The Hall–Kier alpha value is -1.02. The molecule has 0 aliphatic heterocycles. The Morgan fingerprint density at radius 1 is 1.44 bits per heavy atom. The van der Waals surface area contributed by atoms with Crippen LogP contribution in [0.2, 0.25) is 0 Å². The zero-order chi connectivity index (χ0) is 13.1. The SMILES string of the molecule is Cc1ccccc1SCc1nc(O)c(I)c(=O)[nH]1. The van der Waals surface area contributed by atoms with E-state index in [2.05, 4.69) is 9.97 Å². The summed E-state index contributed by atoms with van der Waals surface area (Å²) in [5.41, 5.74) is 0.878. The van der Waals surface area contributed by atoms with Gasteiger partial charge in [-0.15, -0.1) is 11.8 Å². The molecule has 0 atom stereocenters. The number of halogens is 1. The molecule has 1 aromatic carbocycles. The van der Waals surface area contributed by atoms with Crippen molar-refractivity contribution in [2.24, 2.45) is 0 Å². The molecule has 18 heavy (non-hydrogen) atoms. The molecule has 94 valence electrons. The maximum Gasteiger partial charge on any atom is 0.268 e. The van der Waals surface area contributed by atoms with Crippen molar-refractivity contribution in [2.45, 2.75) is 17.6 Å². The van der Waals surface area contributed by atoms with E-state index in [-0.39, 0.29) is 15.0 Å². The molecule has 4 nitrogen and oxygen atoms in total. The molecule has 1 aromatic heterocycles. The first kappa shape index (κ1) is 13.4. The standard InChI is InChI=1S/C12H11IN2O2S/c1-7-4-2-3-5-8(7)18-6-9-14-11(16)10(13)12(17)15-9/h2-5H,6H2,1H3,(H2,14,15,16,17). The van der Waals surface area contributed by atoms with Crippen molar-refractivity contribution in [3.8, 4) is 5.88 Å². The lowest BCUT2D eigenvalue weighted by atomic mass is 10.2. The molecule has 2 rings (SSSR count). The monoisotopic (exact) mass is 374 g/mol. The van der Waals surface area contributed by atoms with Crippen LogP contribution in [0.5, 0.6) is 5.88 Å². The van der Waals surface area contributed by atoms with Crippen LogP contribution in [0.15, 0.2) is 34.0 Å². The van der Waals surface area contributed by atoms with E-state index in [1.165, 1.54) is 5.56 Å². The van der Waals surface area contributed by atoms with Crippen LogP contribution < -0.4 is 5.56 Å². The molecule has 0 saturated carbocycles. The molecule has 0 amide bonds. The number of aromatic hydroxyl groups is 1. The van der Waals surface area contributed by atoms with Gasteiger partial charge in [-0.2, -0.15) is 4.98 Å². The Labute approximate surface area is 122 Å². The van der Waals surface area contributed by atoms with Crippen LogP contribution in [0.25, 0.3) is 0 Å². The Balaban J connectivity index is 2.17. The lowest BCUT2D eigenvalue weighted by Crippen LogP contribution is -2.13. The van der Waals surface area contributed by atoms with Crippen molar-refractivity contribution in [1.29, 1.82) is 0 Å². The number of rotatable bonds is 3. The molecular weight excluding hydrogens is 363 g/mol. The summed E-state index contributed by atoms with van der Waals surface area (Å²) in [6.07, 6.45) is 0. The van der Waals surface area contributed by atoms with E-state index < -0.39 is 0 Å². The summed E-state index contributed by atoms with van der Waals surface area (Å²) in [6, 6.07) is 8.00. The summed E-state index contributed by atoms with van der Waals surface area (Å²) in [6.45, 7) is 2.03. The van der Waals surface area contributed by atoms with Gasteiger partial charge in [-0.05, 0) is 41.1 Å². The van der Waals surface area contributed by atoms with E-state index in [0.717, 1.165) is 4.90 Å². The van der Waals surface area contributed by atoms with Gasteiger partial charge in [0.2, 0.25) is 5.88 Å². The van der Waals surface area contributed by atoms with Gasteiger partial charge >= 0.3 is 0 Å². The van der Waals surface area contributed by atoms with Gasteiger partial charge in [-0.3, -0.25) is 4.79 Å². The van der Waals surface area contributed by atoms with Crippen LogP contribution in [0.4, 0.5) is 0 Å². The van der Waals surface area contributed by atoms with Crippen molar-refractivity contribution in [3.63, 3.8) is 0 Å². The number of thioether (sulfide) groups is 1. The van der Waals surface area contributed by atoms with Crippen LogP contribution in [-0.2, 0) is 5.75 Å². The number of aromatic amines is 1. The van der Waals surface area contributed by atoms with E-state index in [4.69, 9.17) is 0 Å². The molecule has 6 heteroatoms. The summed E-state index contributed by atoms with van der Waals surface area (Å²) < 4.78 is 0.220. The van der Waals surface area contributed by atoms with Gasteiger partial charge in [0, 0.05) is 4.90 Å². The van der Waals surface area contributed by atoms with Crippen molar-refractivity contribution in [1.82, 2.24) is 9.97 Å². The fourth-order valence-electron chi connectivity index (χ4n) is 1.43. The normalized spacial score (nSPS) is 10.6. The van der Waals surface area contributed by atoms with E-state index >= 15 is 0 Å². The highest BCUT2D eigenvalue weighted by Gasteiger charge is 2.08. The van der Waals surface area contributed by atoms with Crippen molar-refractivity contribution < 1.29 is 5.11 Å². The van der Waals surface area contributed by atoms with Crippen molar-refractivity contribution >= 4 is 34.4 Å². The fraction of sp³-hybridized carbons (Fsp3) is 0.167. The van der Waals surface area contributed by atoms with Crippen LogP contribution in [0.3, 0.4) is 0 Å². The summed E-state index contributed by atoms with van der Waals surface area (Å²) in [5, 5.41) is 9.48. The first-order valence-electron chi connectivity index (χ1n) is 5.24. The number of benzene rings is 1. The van der Waals surface area contributed by atoms with Gasteiger partial charge in [0.05, 0.1) is 5.75 Å². The van der Waals surface area contributed by atoms with Crippen LogP contribution in [0, 0.1) is 10.5 Å². The van der Waals surface area contributed by atoms with Gasteiger partial charge in [-0.1, -0.05) is 18.2 Å². The predicted molar refractivity (Wildman–Crippen MR) is 80.0 cm³/mol. The Kier molecular flexibility index (Phi) is 4.28. The molecule has 0 unspecified atom stereocenters. The molecule has 2 N–H and O–H groups in total. The van der Waals surface area contributed by atoms with Crippen LogP contribution in [-0.4, -0.2) is 15.1 Å². The largest absolute Gasteiger partial charge is 0.492 e. The minimum absolute atomic E-state index is 0.209. The Morgan fingerprint density at radius 3 is 2.83 bits per heavy atom. The van der Waals surface area contributed by atoms with E-state index in [1.54, 1.807) is 34.4 Å². The third-order valence-corrected chi connectivity index (χ3v) is 4.51. The van der Waals surface area contributed by atoms with Crippen LogP contribution in [0.1, 0.15) is 11.4 Å². The molecule has 0 spiro atoms. The number of hydrogen-bond acceptors (Lipinski definition) is 4. The minimum atomic E-state index is -0.302. The van der Waals surface area contributed by atoms with Crippen molar-refractivity contribution in [3.05, 3.63) is 49.6 Å². The number of nitrogens with zero attached hydrogens (tertiary/aromatic N) is 1. The van der Waals surface area contributed by atoms with Gasteiger partial charge in [0.1, 0.15) is 9.39 Å². The minimum Gasteiger partial charge on any atom is -0.492 e. The number of nitrogens with one attached hydrogen (secondary N) is 1. The molecule has 0 radical (unpaired) electrons. The summed E-state index contributed by atoms with van der Waals surface area (Å²) in [5.74, 6) is 0.788. The maximum absolute atomic E-state index is 11.5. The van der Waals surface area contributed by atoms with Gasteiger partial charge in [-0.25, -0.2) is 0 Å². The quantitative estimate of drug-likeness (QED) is 0.641. The predicted octanol–water partition coefficient (Wildman–Crippen LogP) is 2.68. The smallest absolute Gasteiger partial charge is 0.268 e. The highest BCUT2D eigenvalue weighted by Crippen LogP contribution is 2.24. The number of H-pyrrole nitrogens is 1. The van der Waals surface area contributed by atoms with Gasteiger partial charge in [0.25, 0.3) is 5.56 Å². The fourth-order valence-corrected chi connectivity index (χ4v) is 2.58. The number of aromatic nitrogens is 2. The van der Waals surface area contributed by atoms with Gasteiger partial charge < -0.3 is 10.1 Å². The zero-order valence-corrected chi connectivity index (χ0v) is 12.6. The second kappa shape index (κ2) is 5.75. The third kappa shape index (κ3) is 3.05. The first-order chi connectivity index (χ1) is 8.58. The molecule has 0 aliphatic rings. The highest BCUT2D eigenvalue weighted by molar-refractivity contribution is 14.1. The first-order valence-corrected chi connectivity index (χ1v) is 7.30. The molecule has 0 bridgehead atoms. The molecule has 1 heterocycles. The summed E-state index contributed by atoms with van der Waals surface area (Å²) in [4.78, 5) is 19.2. The van der Waals surface area contributed by atoms with E-state index in [9.17, 15) is 9.90 Å². The van der Waals surface area contributed by atoms with Crippen molar-refractivity contribution in [2.75, 3.05) is 0 Å². The average Bonchev–Trinajstić information content (AvgIpc) is 2.35. The summed E-state index contributed by atoms with van der Waals surface area (Å²) in [7, 11) is 0. The lowest BCUT2D eigenvalue weighted by molar-refractivity contribution is 0.444. The highest BCUT2D eigenvalue weighted by atomic mass is 127. The topological polar surface area (TPSA) is 66.0 Å². The number of hydrogen-bond donors (Lipinski definition) is 2. The second-order valence-corrected chi connectivity index (χ2v) is 5.80. The van der Waals surface area contributed by atoms with Crippen LogP contribution >= 0.6 is 34.4 Å². The summed E-state index contributed by atoms with van der Waals surface area (Å²) >= 11 is 3.34. The molecule has 2 aromatic rings. The Bertz CT molecular complexity index is 628. The maximum atomic E-state index is 11.5. The molecule has 0 fully saturated rings. The van der Waals surface area contributed by atoms with E-state index in [1.807, 2.05) is 31.2 Å². The third-order valence-electron chi connectivity index (χ3n) is 2.35. The lowest BCUT2D eigenvalue weighted by Gasteiger charge is -2.05. The Morgan fingerprint density at radius 2 is 2.17 bits per heavy atom. The second-order valence-electron chi connectivity index (χ2n) is 3.70. The average molecular weight is 374 g/mol. The van der Waals surface area contributed by atoms with Gasteiger partial charge in [0.15, 0.2) is 0 Å². The zero-order valence-electron chi connectivity index (χ0n) is 9.61. The number of aryl methyl sites for hydroxylation is 1.